The second-order valence-electron chi connectivity index (χ2n) is 6.44. The normalized spacial score (nSPS) is 10.7. The summed E-state index contributed by atoms with van der Waals surface area (Å²) < 4.78 is 5.15. The first-order chi connectivity index (χ1) is 14.1. The smallest absolute Gasteiger partial charge is 0.255 e. The van der Waals surface area contributed by atoms with Gasteiger partial charge in [-0.2, -0.15) is 0 Å². The Hall–Kier alpha value is -4.00. The van der Waals surface area contributed by atoms with Crippen molar-refractivity contribution in [3.63, 3.8) is 0 Å². The third kappa shape index (κ3) is 3.98. The standard InChI is InChI=1S/C22H19N5O2/c1-29-17-8-6-14(7-9-17)11-25-21(28)18-13-26-22(23)27-20(18)16-10-15-4-2-3-5-19(15)24-12-16/h2-10,12-13H,11H2,1H3,(H,25,28)(H2,23,26,27). The third-order valence-electron chi connectivity index (χ3n) is 4.53. The molecule has 0 aliphatic rings. The number of pyridine rings is 1. The summed E-state index contributed by atoms with van der Waals surface area (Å²) >= 11 is 0. The van der Waals surface area contributed by atoms with Crippen LogP contribution in [0.1, 0.15) is 15.9 Å². The highest BCUT2D eigenvalue weighted by molar-refractivity contribution is 6.00. The molecule has 7 nitrogen and oxygen atoms in total. The van der Waals surface area contributed by atoms with E-state index >= 15 is 0 Å². The molecule has 0 aliphatic carbocycles. The number of methoxy groups -OCH3 is 1. The van der Waals surface area contributed by atoms with Crippen LogP contribution in [0.2, 0.25) is 0 Å². The molecular formula is C22H19N5O2. The largest absolute Gasteiger partial charge is 0.497 e. The molecule has 2 aromatic carbocycles. The van der Waals surface area contributed by atoms with Gasteiger partial charge in [-0.3, -0.25) is 9.78 Å². The van der Waals surface area contributed by atoms with E-state index in [1.807, 2.05) is 54.6 Å². The number of anilines is 1. The van der Waals surface area contributed by atoms with E-state index in [0.717, 1.165) is 22.2 Å². The molecular weight excluding hydrogens is 366 g/mol. The van der Waals surface area contributed by atoms with E-state index in [1.165, 1.54) is 6.20 Å². The van der Waals surface area contributed by atoms with Crippen LogP contribution < -0.4 is 15.8 Å². The second-order valence-corrected chi connectivity index (χ2v) is 6.44. The van der Waals surface area contributed by atoms with E-state index in [2.05, 4.69) is 20.3 Å². The number of fused-ring (bicyclic) bond motifs is 1. The topological polar surface area (TPSA) is 103 Å². The quantitative estimate of drug-likeness (QED) is 0.547. The first-order valence-corrected chi connectivity index (χ1v) is 9.03. The molecule has 29 heavy (non-hydrogen) atoms. The predicted octanol–water partition coefficient (Wildman–Crippen LogP) is 3.21. The van der Waals surface area contributed by atoms with Crippen molar-refractivity contribution in [2.45, 2.75) is 6.54 Å². The average Bonchev–Trinajstić information content (AvgIpc) is 2.77. The number of hydrogen-bond donors (Lipinski definition) is 2. The summed E-state index contributed by atoms with van der Waals surface area (Å²) in [6, 6.07) is 17.2. The molecule has 0 unspecified atom stereocenters. The Bertz CT molecular complexity index is 1180. The maximum Gasteiger partial charge on any atom is 0.255 e. The minimum atomic E-state index is -0.288. The minimum Gasteiger partial charge on any atom is -0.497 e. The van der Waals surface area contributed by atoms with Crippen LogP contribution in [0.5, 0.6) is 5.75 Å². The van der Waals surface area contributed by atoms with Crippen molar-refractivity contribution in [3.8, 4) is 17.0 Å². The molecule has 144 valence electrons. The van der Waals surface area contributed by atoms with E-state index in [9.17, 15) is 4.79 Å². The van der Waals surface area contributed by atoms with Gasteiger partial charge < -0.3 is 15.8 Å². The fraction of sp³-hybridized carbons (Fsp3) is 0.0909. The molecule has 0 bridgehead atoms. The van der Waals surface area contributed by atoms with Gasteiger partial charge in [0.05, 0.1) is 23.9 Å². The number of amides is 1. The molecule has 2 heterocycles. The van der Waals surface area contributed by atoms with Crippen LogP contribution in [-0.2, 0) is 6.54 Å². The van der Waals surface area contributed by atoms with Crippen LogP contribution in [0.25, 0.3) is 22.2 Å². The van der Waals surface area contributed by atoms with Crippen molar-refractivity contribution >= 4 is 22.8 Å². The van der Waals surface area contributed by atoms with Gasteiger partial charge in [0.2, 0.25) is 5.95 Å². The van der Waals surface area contributed by atoms with E-state index in [4.69, 9.17) is 10.5 Å². The SMILES string of the molecule is COc1ccc(CNC(=O)c2cnc(N)nc2-c2cnc3ccccc3c2)cc1. The van der Waals surface area contributed by atoms with Gasteiger partial charge in [-0.25, -0.2) is 9.97 Å². The van der Waals surface area contributed by atoms with E-state index in [1.54, 1.807) is 13.3 Å². The molecule has 0 saturated heterocycles. The second kappa shape index (κ2) is 7.93. The number of nitrogens with zero attached hydrogens (tertiary/aromatic N) is 3. The molecule has 7 heteroatoms. The number of hydrogen-bond acceptors (Lipinski definition) is 6. The van der Waals surface area contributed by atoms with Crippen LogP contribution in [0, 0.1) is 0 Å². The van der Waals surface area contributed by atoms with Crippen molar-refractivity contribution in [1.29, 1.82) is 0 Å². The van der Waals surface area contributed by atoms with E-state index < -0.39 is 0 Å². The molecule has 2 aromatic heterocycles. The van der Waals surface area contributed by atoms with Gasteiger partial charge in [-0.15, -0.1) is 0 Å². The molecule has 0 atom stereocenters. The Labute approximate surface area is 167 Å². The summed E-state index contributed by atoms with van der Waals surface area (Å²) in [7, 11) is 1.61. The molecule has 4 rings (SSSR count). The van der Waals surface area contributed by atoms with Crippen LogP contribution >= 0.6 is 0 Å². The number of rotatable bonds is 5. The molecule has 3 N–H and O–H groups in total. The number of carbonyl (C=O) groups is 1. The zero-order valence-corrected chi connectivity index (χ0v) is 15.8. The van der Waals surface area contributed by atoms with Crippen LogP contribution in [-0.4, -0.2) is 28.0 Å². The molecule has 0 spiro atoms. The first kappa shape index (κ1) is 18.4. The molecule has 1 amide bonds. The van der Waals surface area contributed by atoms with Crippen molar-refractivity contribution in [1.82, 2.24) is 20.3 Å². The monoisotopic (exact) mass is 385 g/mol. The van der Waals surface area contributed by atoms with Gasteiger partial charge in [0.1, 0.15) is 5.75 Å². The first-order valence-electron chi connectivity index (χ1n) is 9.03. The van der Waals surface area contributed by atoms with Gasteiger partial charge in [0.15, 0.2) is 0 Å². The maximum atomic E-state index is 12.8. The molecule has 0 aliphatic heterocycles. The summed E-state index contributed by atoms with van der Waals surface area (Å²) in [5.41, 5.74) is 9.08. The van der Waals surface area contributed by atoms with Crippen molar-refractivity contribution in [2.24, 2.45) is 0 Å². The number of ether oxygens (including phenoxy) is 1. The lowest BCUT2D eigenvalue weighted by molar-refractivity contribution is 0.0951. The summed E-state index contributed by atoms with van der Waals surface area (Å²) in [6.07, 6.45) is 3.13. The molecule has 0 saturated carbocycles. The summed E-state index contributed by atoms with van der Waals surface area (Å²) in [5.74, 6) is 0.571. The van der Waals surface area contributed by atoms with Gasteiger partial charge in [-0.05, 0) is 29.8 Å². The van der Waals surface area contributed by atoms with Crippen LogP contribution in [0.15, 0.2) is 67.0 Å². The summed E-state index contributed by atoms with van der Waals surface area (Å²) in [5, 5.41) is 3.85. The Morgan fingerprint density at radius 1 is 1.07 bits per heavy atom. The summed E-state index contributed by atoms with van der Waals surface area (Å²) in [4.78, 5) is 25.6. The molecule has 4 aromatic rings. The fourth-order valence-electron chi connectivity index (χ4n) is 3.00. The third-order valence-corrected chi connectivity index (χ3v) is 4.53. The number of para-hydroxylation sites is 1. The highest BCUT2D eigenvalue weighted by atomic mass is 16.5. The zero-order valence-electron chi connectivity index (χ0n) is 15.8. The lowest BCUT2D eigenvalue weighted by Gasteiger charge is -2.11. The fourth-order valence-corrected chi connectivity index (χ4v) is 3.00. The maximum absolute atomic E-state index is 12.8. The number of benzene rings is 2. The number of nitrogens with two attached hydrogens (primary N) is 1. The Balaban J connectivity index is 1.62. The van der Waals surface area contributed by atoms with Crippen molar-refractivity contribution in [2.75, 3.05) is 12.8 Å². The van der Waals surface area contributed by atoms with Gasteiger partial charge in [-0.1, -0.05) is 30.3 Å². The van der Waals surface area contributed by atoms with Gasteiger partial charge in [0, 0.05) is 29.9 Å². The van der Waals surface area contributed by atoms with Crippen LogP contribution in [0.3, 0.4) is 0 Å². The lowest BCUT2D eigenvalue weighted by Crippen LogP contribution is -2.24. The van der Waals surface area contributed by atoms with Crippen LogP contribution in [0.4, 0.5) is 5.95 Å². The zero-order chi connectivity index (χ0) is 20.2. The molecule has 0 fully saturated rings. The average molecular weight is 385 g/mol. The number of carbonyl (C=O) groups excluding carboxylic acids is 1. The van der Waals surface area contributed by atoms with Gasteiger partial charge >= 0.3 is 0 Å². The molecule has 0 radical (unpaired) electrons. The Morgan fingerprint density at radius 3 is 2.66 bits per heavy atom. The van der Waals surface area contributed by atoms with Crippen molar-refractivity contribution < 1.29 is 9.53 Å². The number of nitrogen functional groups attached to an aromatic ring is 1. The Kier molecular flexibility index (Phi) is 5.03. The lowest BCUT2D eigenvalue weighted by atomic mass is 10.1. The number of nitrogens with one attached hydrogen (secondary N) is 1. The highest BCUT2D eigenvalue weighted by Crippen LogP contribution is 2.24. The Morgan fingerprint density at radius 2 is 1.86 bits per heavy atom. The van der Waals surface area contributed by atoms with Crippen molar-refractivity contribution in [3.05, 3.63) is 78.1 Å². The minimum absolute atomic E-state index is 0.0971. The van der Waals surface area contributed by atoms with E-state index in [-0.39, 0.29) is 11.9 Å². The van der Waals surface area contributed by atoms with Gasteiger partial charge in [0.25, 0.3) is 5.91 Å². The predicted molar refractivity (Wildman–Crippen MR) is 111 cm³/mol. The number of aromatic nitrogens is 3. The summed E-state index contributed by atoms with van der Waals surface area (Å²) in [6.45, 7) is 0.364. The van der Waals surface area contributed by atoms with E-state index in [0.29, 0.717) is 23.4 Å². The highest BCUT2D eigenvalue weighted by Gasteiger charge is 2.16.